The van der Waals surface area contributed by atoms with Crippen LogP contribution in [0.4, 0.5) is 10.5 Å². The number of nitrogens with one attached hydrogen (secondary N) is 3. The van der Waals surface area contributed by atoms with Crippen molar-refractivity contribution in [1.29, 1.82) is 5.26 Å². The van der Waals surface area contributed by atoms with Crippen molar-refractivity contribution in [2.45, 2.75) is 18.9 Å². The van der Waals surface area contributed by atoms with Crippen LogP contribution in [0.5, 0.6) is 0 Å². The number of piperidine rings is 1. The van der Waals surface area contributed by atoms with Gasteiger partial charge in [0, 0.05) is 11.7 Å². The Bertz CT molecular complexity index is 921. The van der Waals surface area contributed by atoms with Crippen LogP contribution in [-0.2, 0) is 0 Å². The van der Waals surface area contributed by atoms with Crippen LogP contribution in [-0.4, -0.2) is 47.1 Å². The van der Waals surface area contributed by atoms with Crippen molar-refractivity contribution < 1.29 is 4.79 Å². The zero-order valence-corrected chi connectivity index (χ0v) is 17.3. The number of fused-ring (bicyclic) bond motifs is 1. The van der Waals surface area contributed by atoms with E-state index in [1.54, 1.807) is 30.6 Å². The molecule has 3 aromatic rings. The molecule has 0 spiro atoms. The molecule has 0 bridgehead atoms. The Balaban J connectivity index is 0.000000241. The molecule has 156 valence electrons. The maximum Gasteiger partial charge on any atom is 0.319 e. The highest BCUT2D eigenvalue weighted by Crippen LogP contribution is 2.11. The molecule has 2 heterocycles. The van der Waals surface area contributed by atoms with E-state index in [0.29, 0.717) is 11.3 Å². The van der Waals surface area contributed by atoms with Crippen molar-refractivity contribution in [1.82, 2.24) is 20.2 Å². The Kier molecular flexibility index (Phi) is 9.10. The van der Waals surface area contributed by atoms with E-state index in [1.165, 1.54) is 0 Å². The molecule has 1 aromatic heterocycles. The number of amides is 2. The third-order valence-electron chi connectivity index (χ3n) is 4.65. The van der Waals surface area contributed by atoms with Gasteiger partial charge in [-0.1, -0.05) is 12.1 Å². The fourth-order valence-corrected chi connectivity index (χ4v) is 3.01. The molecule has 2 amide bonds. The quantitative estimate of drug-likeness (QED) is 0.559. The highest BCUT2D eigenvalue weighted by molar-refractivity contribution is 5.89. The first-order chi connectivity index (χ1) is 14.6. The van der Waals surface area contributed by atoms with Crippen LogP contribution >= 0.6 is 0 Å². The Morgan fingerprint density at radius 1 is 1.17 bits per heavy atom. The van der Waals surface area contributed by atoms with E-state index in [-0.39, 0.29) is 12.1 Å². The van der Waals surface area contributed by atoms with Gasteiger partial charge in [-0.15, -0.1) is 13.2 Å². The minimum absolute atomic E-state index is 0.181. The van der Waals surface area contributed by atoms with Gasteiger partial charge in [0.25, 0.3) is 0 Å². The molecule has 0 aliphatic carbocycles. The lowest BCUT2D eigenvalue weighted by atomic mass is 10.1. The van der Waals surface area contributed by atoms with Crippen LogP contribution in [0.15, 0.2) is 68.0 Å². The molecule has 1 fully saturated rings. The number of benzene rings is 2. The lowest BCUT2D eigenvalue weighted by molar-refractivity contribution is 0.221. The summed E-state index contributed by atoms with van der Waals surface area (Å²) in [6, 6.07) is 16.9. The molecule has 1 aliphatic rings. The van der Waals surface area contributed by atoms with E-state index in [9.17, 15) is 4.79 Å². The molecule has 0 atom stereocenters. The highest BCUT2D eigenvalue weighted by atomic mass is 16.2. The summed E-state index contributed by atoms with van der Waals surface area (Å²) >= 11 is 0. The first-order valence-corrected chi connectivity index (χ1v) is 9.78. The van der Waals surface area contributed by atoms with Crippen LogP contribution in [0.25, 0.3) is 11.0 Å². The number of carbonyl (C=O) groups is 1. The SMILES string of the molecule is C=C.CN1CCC(NC(=O)Nc2ccc(C#N)cc2)CC1.c1ccc2[nH]cnc2c1. The van der Waals surface area contributed by atoms with Crippen LogP contribution in [0.3, 0.4) is 0 Å². The van der Waals surface area contributed by atoms with Crippen LogP contribution in [0.1, 0.15) is 18.4 Å². The smallest absolute Gasteiger partial charge is 0.319 e. The summed E-state index contributed by atoms with van der Waals surface area (Å²) < 4.78 is 0. The highest BCUT2D eigenvalue weighted by Gasteiger charge is 2.18. The maximum absolute atomic E-state index is 11.8. The van der Waals surface area contributed by atoms with Crippen molar-refractivity contribution >= 4 is 22.8 Å². The standard InChI is InChI=1S/C14H18N4O.C7H6N2.C2H4/c1-18-8-6-13(7-9-18)17-14(19)16-12-4-2-11(10-15)3-5-12;1-2-4-7-6(3-1)8-5-9-7;1-2/h2-5,13H,6-9H2,1H3,(H2,16,17,19);1-5H,(H,8,9);1-2H2. The van der Waals surface area contributed by atoms with Gasteiger partial charge in [-0.05, 0) is 69.4 Å². The van der Waals surface area contributed by atoms with Gasteiger partial charge in [0.2, 0.25) is 0 Å². The van der Waals surface area contributed by atoms with Crippen LogP contribution in [0.2, 0.25) is 0 Å². The van der Waals surface area contributed by atoms with Crippen molar-refractivity contribution in [3.63, 3.8) is 0 Å². The summed E-state index contributed by atoms with van der Waals surface area (Å²) in [5.41, 5.74) is 3.40. The lowest BCUT2D eigenvalue weighted by Crippen LogP contribution is -2.44. The van der Waals surface area contributed by atoms with Crippen LogP contribution < -0.4 is 10.6 Å². The minimum atomic E-state index is -0.181. The zero-order valence-electron chi connectivity index (χ0n) is 17.3. The molecular formula is C23H28N6O. The molecule has 30 heavy (non-hydrogen) atoms. The number of hydrogen-bond donors (Lipinski definition) is 3. The van der Waals surface area contributed by atoms with Crippen molar-refractivity contribution in [3.8, 4) is 6.07 Å². The summed E-state index contributed by atoms with van der Waals surface area (Å²) in [6.45, 7) is 8.03. The van der Waals surface area contributed by atoms with E-state index in [0.717, 1.165) is 37.0 Å². The number of aromatic nitrogens is 2. The summed E-state index contributed by atoms with van der Waals surface area (Å²) in [7, 11) is 2.09. The second-order valence-electron chi connectivity index (χ2n) is 6.78. The van der Waals surface area contributed by atoms with Crippen molar-refractivity contribution in [3.05, 3.63) is 73.6 Å². The van der Waals surface area contributed by atoms with E-state index in [4.69, 9.17) is 5.26 Å². The van der Waals surface area contributed by atoms with Gasteiger partial charge in [0.05, 0.1) is 29.0 Å². The molecule has 1 saturated heterocycles. The first kappa shape index (κ1) is 22.7. The molecule has 1 aliphatic heterocycles. The number of H-pyrrole nitrogens is 1. The number of anilines is 1. The van der Waals surface area contributed by atoms with Crippen molar-refractivity contribution in [2.75, 3.05) is 25.5 Å². The number of hydrogen-bond acceptors (Lipinski definition) is 4. The topological polar surface area (TPSA) is 96.8 Å². The Morgan fingerprint density at radius 3 is 2.47 bits per heavy atom. The Hall–Kier alpha value is -3.63. The number of carbonyl (C=O) groups excluding carboxylic acids is 1. The van der Waals surface area contributed by atoms with Crippen molar-refractivity contribution in [2.24, 2.45) is 0 Å². The van der Waals surface area contributed by atoms with E-state index < -0.39 is 0 Å². The van der Waals surface area contributed by atoms with Gasteiger partial charge >= 0.3 is 6.03 Å². The molecule has 3 N–H and O–H groups in total. The monoisotopic (exact) mass is 404 g/mol. The first-order valence-electron chi connectivity index (χ1n) is 9.78. The number of rotatable bonds is 2. The van der Waals surface area contributed by atoms with E-state index in [2.05, 4.69) is 45.7 Å². The molecule has 7 nitrogen and oxygen atoms in total. The third kappa shape index (κ3) is 7.08. The number of para-hydroxylation sites is 2. The van der Waals surface area contributed by atoms with E-state index >= 15 is 0 Å². The van der Waals surface area contributed by atoms with Crippen LogP contribution in [0, 0.1) is 11.3 Å². The normalized spacial score (nSPS) is 13.7. The molecule has 0 unspecified atom stereocenters. The fourth-order valence-electron chi connectivity index (χ4n) is 3.01. The Morgan fingerprint density at radius 2 is 1.83 bits per heavy atom. The lowest BCUT2D eigenvalue weighted by Gasteiger charge is -2.29. The average molecular weight is 405 g/mol. The number of nitrogens with zero attached hydrogens (tertiary/aromatic N) is 3. The number of imidazole rings is 1. The molecule has 7 heteroatoms. The second-order valence-corrected chi connectivity index (χ2v) is 6.78. The van der Waals surface area contributed by atoms with Gasteiger partial charge in [-0.2, -0.15) is 5.26 Å². The van der Waals surface area contributed by atoms with Gasteiger partial charge in [-0.25, -0.2) is 9.78 Å². The third-order valence-corrected chi connectivity index (χ3v) is 4.65. The van der Waals surface area contributed by atoms with E-state index in [1.807, 2.05) is 30.3 Å². The largest absolute Gasteiger partial charge is 0.345 e. The second kappa shape index (κ2) is 12.0. The minimum Gasteiger partial charge on any atom is -0.345 e. The van der Waals surface area contributed by atoms with Gasteiger partial charge in [-0.3, -0.25) is 0 Å². The number of likely N-dealkylation sites (tertiary alicyclic amines) is 1. The van der Waals surface area contributed by atoms with Gasteiger partial charge in [0.1, 0.15) is 0 Å². The number of urea groups is 1. The molecule has 2 aromatic carbocycles. The summed E-state index contributed by atoms with van der Waals surface area (Å²) in [4.78, 5) is 21.1. The number of nitriles is 1. The molecular weight excluding hydrogens is 376 g/mol. The maximum atomic E-state index is 11.8. The molecule has 4 rings (SSSR count). The fraction of sp³-hybridized carbons (Fsp3) is 0.261. The van der Waals surface area contributed by atoms with Gasteiger partial charge < -0.3 is 20.5 Å². The molecule has 0 saturated carbocycles. The average Bonchev–Trinajstić information content (AvgIpc) is 3.27. The summed E-state index contributed by atoms with van der Waals surface area (Å²) in [5.74, 6) is 0. The molecule has 0 radical (unpaired) electrons. The van der Waals surface area contributed by atoms with Gasteiger partial charge in [0.15, 0.2) is 0 Å². The summed E-state index contributed by atoms with van der Waals surface area (Å²) in [6.07, 6.45) is 3.67. The Labute approximate surface area is 177 Å². The number of aromatic amines is 1. The summed E-state index contributed by atoms with van der Waals surface area (Å²) in [5, 5.41) is 14.4. The predicted octanol–water partition coefficient (Wildman–Crippen LogP) is 4.14. The zero-order chi connectivity index (χ0) is 21.8. The predicted molar refractivity (Wildman–Crippen MR) is 121 cm³/mol.